The van der Waals surface area contributed by atoms with E-state index in [9.17, 15) is 9.59 Å². The number of hydrogen-bond donors (Lipinski definition) is 3. The predicted octanol–water partition coefficient (Wildman–Crippen LogP) is 3.63. The third kappa shape index (κ3) is 4.42. The minimum Gasteiger partial charge on any atom is -0.374 e. The molecular weight excluding hydrogens is 326 g/mol. The van der Waals surface area contributed by atoms with E-state index < -0.39 is 6.04 Å². The largest absolute Gasteiger partial charge is 0.374 e. The maximum absolute atomic E-state index is 12.5. The lowest BCUT2D eigenvalue weighted by Crippen LogP contribution is -2.32. The van der Waals surface area contributed by atoms with Crippen LogP contribution in [0.1, 0.15) is 41.3 Å². The quantitative estimate of drug-likeness (QED) is 0.744. The molecule has 26 heavy (non-hydrogen) atoms. The predicted molar refractivity (Wildman–Crippen MR) is 105 cm³/mol. The number of amides is 2. The number of anilines is 2. The highest BCUT2D eigenvalue weighted by atomic mass is 16.2. The van der Waals surface area contributed by atoms with Gasteiger partial charge in [0.2, 0.25) is 5.91 Å². The van der Waals surface area contributed by atoms with Gasteiger partial charge in [-0.3, -0.25) is 9.59 Å². The number of aryl methyl sites for hydroxylation is 2. The average molecular weight is 351 g/mol. The van der Waals surface area contributed by atoms with E-state index in [4.69, 9.17) is 0 Å². The molecule has 0 spiro atoms. The van der Waals surface area contributed by atoms with Crippen LogP contribution in [0.2, 0.25) is 0 Å². The SMILES string of the molecule is Cc1cccc(C)c1NC(=O)C(C)Nc1ccc(C(=O)NC2CC2)cc1. The molecular formula is C21H25N3O2. The van der Waals surface area contributed by atoms with Crippen LogP contribution >= 0.6 is 0 Å². The third-order valence-corrected chi connectivity index (χ3v) is 4.57. The van der Waals surface area contributed by atoms with Gasteiger partial charge in [-0.2, -0.15) is 0 Å². The molecule has 0 heterocycles. The van der Waals surface area contributed by atoms with Gasteiger partial charge in [-0.15, -0.1) is 0 Å². The topological polar surface area (TPSA) is 70.2 Å². The highest BCUT2D eigenvalue weighted by molar-refractivity contribution is 5.98. The summed E-state index contributed by atoms with van der Waals surface area (Å²) in [4.78, 5) is 24.5. The fraction of sp³-hybridized carbons (Fsp3) is 0.333. The molecule has 0 aromatic heterocycles. The smallest absolute Gasteiger partial charge is 0.251 e. The van der Waals surface area contributed by atoms with E-state index in [0.29, 0.717) is 11.6 Å². The fourth-order valence-electron chi connectivity index (χ4n) is 2.77. The van der Waals surface area contributed by atoms with Gasteiger partial charge in [0.1, 0.15) is 6.04 Å². The van der Waals surface area contributed by atoms with Crippen LogP contribution in [0.3, 0.4) is 0 Å². The van der Waals surface area contributed by atoms with Crippen LogP contribution in [0.5, 0.6) is 0 Å². The molecule has 1 unspecified atom stereocenters. The maximum atomic E-state index is 12.5. The van der Waals surface area contributed by atoms with E-state index in [0.717, 1.165) is 35.3 Å². The Morgan fingerprint density at radius 2 is 1.62 bits per heavy atom. The van der Waals surface area contributed by atoms with Crippen molar-refractivity contribution in [1.29, 1.82) is 0 Å². The number of carbonyl (C=O) groups is 2. The number of rotatable bonds is 6. The van der Waals surface area contributed by atoms with Crippen LogP contribution in [0, 0.1) is 13.8 Å². The molecule has 0 radical (unpaired) electrons. The van der Waals surface area contributed by atoms with Crippen molar-refractivity contribution in [3.8, 4) is 0 Å². The fourth-order valence-corrected chi connectivity index (χ4v) is 2.77. The van der Waals surface area contributed by atoms with Crippen LogP contribution < -0.4 is 16.0 Å². The lowest BCUT2D eigenvalue weighted by atomic mass is 10.1. The molecule has 0 bridgehead atoms. The second-order valence-corrected chi connectivity index (χ2v) is 6.95. The van der Waals surface area contributed by atoms with Gasteiger partial charge in [0.25, 0.3) is 5.91 Å². The number of para-hydroxylation sites is 1. The Labute approximate surface area is 154 Å². The van der Waals surface area contributed by atoms with Gasteiger partial charge in [-0.25, -0.2) is 0 Å². The highest BCUT2D eigenvalue weighted by Gasteiger charge is 2.23. The number of hydrogen-bond acceptors (Lipinski definition) is 3. The molecule has 1 aliphatic rings. The molecule has 1 saturated carbocycles. The van der Waals surface area contributed by atoms with Gasteiger partial charge in [-0.05, 0) is 69.0 Å². The first-order valence-electron chi connectivity index (χ1n) is 8.98. The molecule has 1 fully saturated rings. The Kier molecular flexibility index (Phi) is 5.26. The molecule has 5 nitrogen and oxygen atoms in total. The highest BCUT2D eigenvalue weighted by Crippen LogP contribution is 2.21. The van der Waals surface area contributed by atoms with Crippen molar-refractivity contribution in [2.24, 2.45) is 0 Å². The standard InChI is InChI=1S/C21H25N3O2/c1-13-5-4-6-14(2)19(13)24-20(25)15(3)22-17-9-7-16(8-10-17)21(26)23-18-11-12-18/h4-10,15,18,22H,11-12H2,1-3H3,(H,23,26)(H,24,25). The van der Waals surface area contributed by atoms with Crippen molar-refractivity contribution in [1.82, 2.24) is 5.32 Å². The van der Waals surface area contributed by atoms with Gasteiger partial charge < -0.3 is 16.0 Å². The van der Waals surface area contributed by atoms with Crippen molar-refractivity contribution in [3.63, 3.8) is 0 Å². The molecule has 2 aromatic carbocycles. The van der Waals surface area contributed by atoms with Crippen molar-refractivity contribution in [2.45, 2.75) is 45.7 Å². The summed E-state index contributed by atoms with van der Waals surface area (Å²) in [6, 6.07) is 13.1. The molecule has 0 aliphatic heterocycles. The summed E-state index contributed by atoms with van der Waals surface area (Å²) in [6.45, 7) is 5.77. The van der Waals surface area contributed by atoms with E-state index in [2.05, 4.69) is 16.0 Å². The van der Waals surface area contributed by atoms with Crippen LogP contribution in [0.15, 0.2) is 42.5 Å². The van der Waals surface area contributed by atoms with Gasteiger partial charge in [0.05, 0.1) is 0 Å². The van der Waals surface area contributed by atoms with Crippen molar-refractivity contribution in [3.05, 3.63) is 59.2 Å². The second-order valence-electron chi connectivity index (χ2n) is 6.95. The van der Waals surface area contributed by atoms with Crippen LogP contribution in [0.25, 0.3) is 0 Å². The first-order chi connectivity index (χ1) is 12.4. The van der Waals surface area contributed by atoms with E-state index >= 15 is 0 Å². The first-order valence-corrected chi connectivity index (χ1v) is 8.98. The summed E-state index contributed by atoms with van der Waals surface area (Å²) in [5.41, 5.74) is 4.37. The molecule has 3 rings (SSSR count). The zero-order valence-electron chi connectivity index (χ0n) is 15.4. The third-order valence-electron chi connectivity index (χ3n) is 4.57. The molecule has 2 amide bonds. The Morgan fingerprint density at radius 1 is 1.00 bits per heavy atom. The Hall–Kier alpha value is -2.82. The van der Waals surface area contributed by atoms with Crippen molar-refractivity contribution < 1.29 is 9.59 Å². The van der Waals surface area contributed by atoms with E-state index in [1.54, 1.807) is 12.1 Å². The van der Waals surface area contributed by atoms with Gasteiger partial charge >= 0.3 is 0 Å². The lowest BCUT2D eigenvalue weighted by molar-refractivity contribution is -0.116. The molecule has 3 N–H and O–H groups in total. The molecule has 5 heteroatoms. The minimum absolute atomic E-state index is 0.0418. The summed E-state index contributed by atoms with van der Waals surface area (Å²) in [5, 5.41) is 9.13. The molecule has 136 valence electrons. The van der Waals surface area contributed by atoms with Crippen molar-refractivity contribution >= 4 is 23.2 Å². The van der Waals surface area contributed by atoms with Crippen LogP contribution in [-0.4, -0.2) is 23.9 Å². The van der Waals surface area contributed by atoms with Gasteiger partial charge in [0, 0.05) is 23.0 Å². The zero-order chi connectivity index (χ0) is 18.7. The summed E-state index contributed by atoms with van der Waals surface area (Å²) < 4.78 is 0. The van der Waals surface area contributed by atoms with Gasteiger partial charge in [0.15, 0.2) is 0 Å². The minimum atomic E-state index is -0.403. The number of nitrogens with one attached hydrogen (secondary N) is 3. The maximum Gasteiger partial charge on any atom is 0.251 e. The first kappa shape index (κ1) is 18.0. The zero-order valence-corrected chi connectivity index (χ0v) is 15.4. The molecule has 1 aliphatic carbocycles. The molecule has 2 aromatic rings. The summed E-state index contributed by atoms with van der Waals surface area (Å²) >= 11 is 0. The summed E-state index contributed by atoms with van der Waals surface area (Å²) in [6.07, 6.45) is 2.14. The Morgan fingerprint density at radius 3 is 2.19 bits per heavy atom. The van der Waals surface area contributed by atoms with Crippen LogP contribution in [-0.2, 0) is 4.79 Å². The Balaban J connectivity index is 1.59. The second kappa shape index (κ2) is 7.60. The summed E-state index contributed by atoms with van der Waals surface area (Å²) in [5.74, 6) is -0.141. The average Bonchev–Trinajstić information content (AvgIpc) is 3.42. The molecule has 1 atom stereocenters. The van der Waals surface area contributed by atoms with Crippen molar-refractivity contribution in [2.75, 3.05) is 10.6 Å². The van der Waals surface area contributed by atoms with E-state index in [1.807, 2.05) is 51.1 Å². The molecule has 0 saturated heterocycles. The van der Waals surface area contributed by atoms with Crippen LogP contribution in [0.4, 0.5) is 11.4 Å². The monoisotopic (exact) mass is 351 g/mol. The van der Waals surface area contributed by atoms with E-state index in [1.165, 1.54) is 0 Å². The Bertz CT molecular complexity index is 790. The number of benzene rings is 2. The number of carbonyl (C=O) groups excluding carboxylic acids is 2. The normalized spacial score (nSPS) is 14.4. The lowest BCUT2D eigenvalue weighted by Gasteiger charge is -2.17. The van der Waals surface area contributed by atoms with Gasteiger partial charge in [-0.1, -0.05) is 18.2 Å². The van der Waals surface area contributed by atoms with E-state index in [-0.39, 0.29) is 11.8 Å². The summed E-state index contributed by atoms with van der Waals surface area (Å²) in [7, 11) is 0.